The van der Waals surface area contributed by atoms with Gasteiger partial charge in [0.25, 0.3) is 0 Å². The molecule has 5 nitrogen and oxygen atoms in total. The number of carbonyl (C=O) groups excluding carboxylic acids is 1. The van der Waals surface area contributed by atoms with E-state index in [4.69, 9.17) is 9.47 Å². The predicted molar refractivity (Wildman–Crippen MR) is 52.1 cm³/mol. The number of carbonyl (C=O) groups is 1. The molecule has 0 saturated heterocycles. The standard InChI is InChI=1S/C9H18O4.H3N/c1-4-5-12-7(2)6-13-8(3)9(10)11;/h7-8H,4-6H2,1-3H3,(H,10,11);1H3. The maximum Gasteiger partial charge on any atom is 0.0941 e. The fourth-order valence-corrected chi connectivity index (χ4v) is 0.715. The largest absolute Gasteiger partial charge is 0.547 e. The minimum atomic E-state index is -1.19. The second kappa shape index (κ2) is 8.93. The minimum absolute atomic E-state index is 0. The average molecular weight is 207 g/mol. The molecular weight excluding hydrogens is 186 g/mol. The number of carboxylic acids is 1. The van der Waals surface area contributed by atoms with Crippen LogP contribution in [0.5, 0.6) is 0 Å². The molecule has 0 saturated carbocycles. The van der Waals surface area contributed by atoms with Crippen LogP contribution in [0.15, 0.2) is 0 Å². The monoisotopic (exact) mass is 207 g/mol. The lowest BCUT2D eigenvalue weighted by molar-refractivity contribution is -0.316. The molecule has 0 bridgehead atoms. The SMILES string of the molecule is CCCOC(C)COC(C)C(=O)[O-].[NH4+]. The van der Waals surface area contributed by atoms with Crippen LogP contribution in [0.4, 0.5) is 0 Å². The van der Waals surface area contributed by atoms with Crippen molar-refractivity contribution in [3.8, 4) is 0 Å². The van der Waals surface area contributed by atoms with Gasteiger partial charge in [-0.1, -0.05) is 6.92 Å². The van der Waals surface area contributed by atoms with Gasteiger partial charge in [-0.3, -0.25) is 0 Å². The van der Waals surface area contributed by atoms with Crippen molar-refractivity contribution in [1.29, 1.82) is 0 Å². The summed E-state index contributed by atoms with van der Waals surface area (Å²) in [5, 5.41) is 10.2. The van der Waals surface area contributed by atoms with Crippen LogP contribution in [-0.2, 0) is 14.3 Å². The topological polar surface area (TPSA) is 95.1 Å². The Kier molecular flexibility index (Phi) is 10.1. The highest BCUT2D eigenvalue weighted by Crippen LogP contribution is 1.96. The molecule has 2 atom stereocenters. The highest BCUT2D eigenvalue weighted by molar-refractivity contribution is 5.69. The molecule has 0 radical (unpaired) electrons. The van der Waals surface area contributed by atoms with Gasteiger partial charge in [0, 0.05) is 6.61 Å². The van der Waals surface area contributed by atoms with E-state index in [1.165, 1.54) is 6.92 Å². The van der Waals surface area contributed by atoms with E-state index in [1.807, 2.05) is 13.8 Å². The zero-order valence-corrected chi connectivity index (χ0v) is 9.41. The lowest BCUT2D eigenvalue weighted by Gasteiger charge is -2.17. The fourth-order valence-electron chi connectivity index (χ4n) is 0.715. The predicted octanol–water partition coefficient (Wildman–Crippen LogP) is 0.333. The molecule has 0 heterocycles. The summed E-state index contributed by atoms with van der Waals surface area (Å²) in [6.07, 6.45) is 0.00910. The van der Waals surface area contributed by atoms with Gasteiger partial charge in [-0.2, -0.15) is 0 Å². The Morgan fingerprint density at radius 1 is 1.36 bits per heavy atom. The van der Waals surface area contributed by atoms with Gasteiger partial charge < -0.3 is 25.5 Å². The van der Waals surface area contributed by atoms with Crippen LogP contribution in [0.2, 0.25) is 0 Å². The zero-order valence-electron chi connectivity index (χ0n) is 9.41. The van der Waals surface area contributed by atoms with Crippen LogP contribution in [0.3, 0.4) is 0 Å². The molecule has 0 rings (SSSR count). The molecule has 0 spiro atoms. The molecule has 0 aliphatic heterocycles. The van der Waals surface area contributed by atoms with Crippen molar-refractivity contribution in [1.82, 2.24) is 6.15 Å². The summed E-state index contributed by atoms with van der Waals surface area (Å²) in [6.45, 7) is 6.26. The molecule has 0 fully saturated rings. The van der Waals surface area contributed by atoms with Crippen molar-refractivity contribution in [2.45, 2.75) is 39.4 Å². The van der Waals surface area contributed by atoms with Crippen molar-refractivity contribution in [3.05, 3.63) is 0 Å². The average Bonchev–Trinajstić information content (AvgIpc) is 2.10. The van der Waals surface area contributed by atoms with Crippen LogP contribution >= 0.6 is 0 Å². The van der Waals surface area contributed by atoms with Crippen molar-refractivity contribution in [2.24, 2.45) is 0 Å². The molecule has 4 N–H and O–H groups in total. The van der Waals surface area contributed by atoms with Crippen LogP contribution < -0.4 is 11.3 Å². The lowest BCUT2D eigenvalue weighted by atomic mass is 10.4. The number of aliphatic carboxylic acids is 1. The highest BCUT2D eigenvalue weighted by atomic mass is 16.5. The van der Waals surface area contributed by atoms with Crippen molar-refractivity contribution in [3.63, 3.8) is 0 Å². The lowest BCUT2D eigenvalue weighted by Crippen LogP contribution is -2.36. The van der Waals surface area contributed by atoms with Gasteiger partial charge in [0.05, 0.1) is 24.8 Å². The van der Waals surface area contributed by atoms with Gasteiger partial charge in [0.15, 0.2) is 0 Å². The zero-order chi connectivity index (χ0) is 10.3. The van der Waals surface area contributed by atoms with Crippen LogP contribution in [-0.4, -0.2) is 31.4 Å². The van der Waals surface area contributed by atoms with E-state index in [2.05, 4.69) is 0 Å². The van der Waals surface area contributed by atoms with E-state index in [0.717, 1.165) is 6.42 Å². The van der Waals surface area contributed by atoms with Gasteiger partial charge in [0.1, 0.15) is 0 Å². The summed E-state index contributed by atoms with van der Waals surface area (Å²) >= 11 is 0. The third kappa shape index (κ3) is 7.97. The van der Waals surface area contributed by atoms with Crippen LogP contribution in [0.1, 0.15) is 27.2 Å². The summed E-state index contributed by atoms with van der Waals surface area (Å²) in [5.41, 5.74) is 0. The summed E-state index contributed by atoms with van der Waals surface area (Å²) in [6, 6.07) is 0. The first kappa shape index (κ1) is 15.8. The van der Waals surface area contributed by atoms with Crippen LogP contribution in [0.25, 0.3) is 0 Å². The maximum atomic E-state index is 10.2. The number of ether oxygens (including phenoxy) is 2. The first-order chi connectivity index (χ1) is 6.07. The van der Waals surface area contributed by atoms with E-state index in [1.54, 1.807) is 0 Å². The second-order valence-electron chi connectivity index (χ2n) is 2.98. The van der Waals surface area contributed by atoms with Crippen molar-refractivity contribution in [2.75, 3.05) is 13.2 Å². The number of rotatable bonds is 7. The van der Waals surface area contributed by atoms with E-state index in [0.29, 0.717) is 6.61 Å². The Morgan fingerprint density at radius 3 is 2.36 bits per heavy atom. The number of hydrogen-bond acceptors (Lipinski definition) is 4. The van der Waals surface area contributed by atoms with E-state index >= 15 is 0 Å². The molecule has 0 aliphatic carbocycles. The number of hydrogen-bond donors (Lipinski definition) is 1. The second-order valence-corrected chi connectivity index (χ2v) is 2.98. The van der Waals surface area contributed by atoms with Gasteiger partial charge in [0.2, 0.25) is 0 Å². The Balaban J connectivity index is 0. The smallest absolute Gasteiger partial charge is 0.0941 e. The van der Waals surface area contributed by atoms with Gasteiger partial charge in [-0.25, -0.2) is 0 Å². The van der Waals surface area contributed by atoms with Crippen LogP contribution in [0, 0.1) is 0 Å². The molecule has 5 heteroatoms. The Bertz CT molecular complexity index is 152. The molecule has 14 heavy (non-hydrogen) atoms. The summed E-state index contributed by atoms with van der Waals surface area (Å²) < 4.78 is 10.3. The van der Waals surface area contributed by atoms with Gasteiger partial charge >= 0.3 is 0 Å². The molecule has 0 aliphatic rings. The first-order valence-corrected chi connectivity index (χ1v) is 4.52. The van der Waals surface area contributed by atoms with Gasteiger partial charge in [-0.15, -0.1) is 0 Å². The molecule has 0 aromatic rings. The Morgan fingerprint density at radius 2 is 1.93 bits per heavy atom. The Hall–Kier alpha value is -0.650. The quantitative estimate of drug-likeness (QED) is 0.650. The summed E-state index contributed by atoms with van der Waals surface area (Å²) in [7, 11) is 0. The molecule has 2 unspecified atom stereocenters. The third-order valence-corrected chi connectivity index (χ3v) is 1.52. The molecular formula is C9H21NO4. The minimum Gasteiger partial charge on any atom is -0.547 e. The third-order valence-electron chi connectivity index (χ3n) is 1.52. The normalized spacial score (nSPS) is 14.2. The number of carboxylic acid groups (broad SMARTS) is 1. The van der Waals surface area contributed by atoms with Crippen molar-refractivity contribution < 1.29 is 19.4 Å². The van der Waals surface area contributed by atoms with E-state index in [-0.39, 0.29) is 18.9 Å². The molecule has 0 amide bonds. The Labute approximate surface area is 85.0 Å². The molecule has 0 aromatic carbocycles. The van der Waals surface area contributed by atoms with Crippen molar-refractivity contribution >= 4 is 5.97 Å². The van der Waals surface area contributed by atoms with Gasteiger partial charge in [-0.05, 0) is 20.3 Å². The highest BCUT2D eigenvalue weighted by Gasteiger charge is 2.06. The fraction of sp³-hybridized carbons (Fsp3) is 0.889. The molecule has 0 aromatic heterocycles. The van der Waals surface area contributed by atoms with E-state index < -0.39 is 12.1 Å². The number of quaternary nitrogens is 1. The summed E-state index contributed by atoms with van der Waals surface area (Å²) in [5.74, 6) is -1.19. The summed E-state index contributed by atoms with van der Waals surface area (Å²) in [4.78, 5) is 10.2. The first-order valence-electron chi connectivity index (χ1n) is 4.52. The van der Waals surface area contributed by atoms with E-state index in [9.17, 15) is 9.90 Å². The maximum absolute atomic E-state index is 10.2. The molecule has 86 valence electrons.